The molecule has 2 amide bonds. The largest absolute Gasteiger partial charge is 0.385 e. The highest BCUT2D eigenvalue weighted by atomic mass is 127. The van der Waals surface area contributed by atoms with Crippen LogP contribution in [0.3, 0.4) is 0 Å². The fraction of sp³-hybridized carbons (Fsp3) is 0.750. The summed E-state index contributed by atoms with van der Waals surface area (Å²) in [4.78, 5) is 31.1. The van der Waals surface area contributed by atoms with Gasteiger partial charge in [0.2, 0.25) is 11.8 Å². The van der Waals surface area contributed by atoms with E-state index in [2.05, 4.69) is 27.8 Å². The molecule has 1 aliphatic heterocycles. The van der Waals surface area contributed by atoms with Crippen molar-refractivity contribution in [3.05, 3.63) is 12.2 Å². The summed E-state index contributed by atoms with van der Waals surface area (Å²) in [6.45, 7) is 2.58. The van der Waals surface area contributed by atoms with E-state index in [1.54, 1.807) is 14.2 Å². The highest BCUT2D eigenvalue weighted by Crippen LogP contribution is 2.52. The molecule has 4 unspecified atom stereocenters. The van der Waals surface area contributed by atoms with Crippen molar-refractivity contribution in [3.8, 4) is 0 Å². The zero-order valence-corrected chi connectivity index (χ0v) is 19.0. The maximum absolute atomic E-state index is 12.7. The Hall–Kier alpha value is -1.16. The number of carbonyl (C=O) groups is 2. The number of aliphatic imine (C=N–C) groups is 1. The van der Waals surface area contributed by atoms with Gasteiger partial charge in [-0.1, -0.05) is 12.2 Å². The summed E-state index contributed by atoms with van der Waals surface area (Å²) in [6.07, 6.45) is 8.72. The van der Waals surface area contributed by atoms with Crippen LogP contribution in [0.4, 0.5) is 0 Å². The quantitative estimate of drug-likeness (QED) is 0.172. The van der Waals surface area contributed by atoms with Crippen LogP contribution in [-0.2, 0) is 14.3 Å². The third-order valence-corrected chi connectivity index (χ3v) is 6.84. The number of nitrogens with one attached hydrogen (secondary N) is 2. The lowest BCUT2D eigenvalue weighted by molar-refractivity contribution is -0.140. The summed E-state index contributed by atoms with van der Waals surface area (Å²) in [5.74, 6) is 1.07. The van der Waals surface area contributed by atoms with Gasteiger partial charge < -0.3 is 15.4 Å². The summed E-state index contributed by atoms with van der Waals surface area (Å²) in [6, 6.07) is 0. The van der Waals surface area contributed by atoms with E-state index in [9.17, 15) is 9.59 Å². The van der Waals surface area contributed by atoms with E-state index in [0.717, 1.165) is 32.0 Å². The van der Waals surface area contributed by atoms with E-state index < -0.39 is 0 Å². The maximum atomic E-state index is 12.7. The first-order valence-electron chi connectivity index (χ1n) is 10.1. The van der Waals surface area contributed by atoms with Gasteiger partial charge in [0.05, 0.1) is 11.8 Å². The fourth-order valence-electron chi connectivity index (χ4n) is 4.97. The van der Waals surface area contributed by atoms with E-state index in [0.29, 0.717) is 18.5 Å². The van der Waals surface area contributed by atoms with Gasteiger partial charge in [-0.2, -0.15) is 0 Å². The van der Waals surface area contributed by atoms with Gasteiger partial charge in [-0.05, 0) is 42.9 Å². The van der Waals surface area contributed by atoms with Crippen molar-refractivity contribution in [1.82, 2.24) is 15.5 Å². The van der Waals surface area contributed by atoms with Crippen molar-refractivity contribution in [2.75, 3.05) is 40.4 Å². The molecule has 0 radical (unpaired) electrons. The number of methoxy groups -OCH3 is 1. The molecule has 8 heteroatoms. The number of hydrogen-bond acceptors (Lipinski definition) is 4. The minimum atomic E-state index is -0.111. The summed E-state index contributed by atoms with van der Waals surface area (Å²) in [7, 11) is 3.48. The second-order valence-corrected chi connectivity index (χ2v) is 8.42. The molecule has 2 saturated carbocycles. The Morgan fingerprint density at radius 1 is 1.21 bits per heavy atom. The van der Waals surface area contributed by atoms with Gasteiger partial charge in [0, 0.05) is 40.4 Å². The van der Waals surface area contributed by atoms with Gasteiger partial charge in [-0.25, -0.2) is 0 Å². The fourth-order valence-corrected chi connectivity index (χ4v) is 4.97. The number of likely N-dealkylation sites (tertiary alicyclic amines) is 1. The minimum Gasteiger partial charge on any atom is -0.385 e. The second-order valence-electron chi connectivity index (χ2n) is 8.42. The summed E-state index contributed by atoms with van der Waals surface area (Å²) in [5, 5.41) is 6.62. The molecule has 1 saturated heterocycles. The summed E-state index contributed by atoms with van der Waals surface area (Å²) < 4.78 is 5.20. The molecule has 4 atom stereocenters. The molecule has 3 aliphatic carbocycles. The van der Waals surface area contributed by atoms with Crippen LogP contribution in [-0.4, -0.2) is 63.1 Å². The number of halogens is 1. The Bertz CT molecular complexity index is 646. The molecule has 3 fully saturated rings. The first-order valence-corrected chi connectivity index (χ1v) is 10.1. The third kappa shape index (κ3) is 3.94. The van der Waals surface area contributed by atoms with E-state index in [1.165, 1.54) is 17.7 Å². The van der Waals surface area contributed by atoms with Gasteiger partial charge in [-0.15, -0.1) is 24.0 Å². The summed E-state index contributed by atoms with van der Waals surface area (Å²) >= 11 is 0. The SMILES string of the molecule is CN=C(NCCN1C(=O)C2C3C=CC(C3)C2C1=O)NCC1(CCOC)CC1.I. The number of ether oxygens (including phenoxy) is 1. The molecular weight excluding hydrogens is 471 g/mol. The number of rotatable bonds is 8. The van der Waals surface area contributed by atoms with Gasteiger partial charge >= 0.3 is 0 Å². The number of nitrogens with zero attached hydrogens (tertiary/aromatic N) is 2. The normalized spacial score (nSPS) is 31.8. The van der Waals surface area contributed by atoms with Crippen LogP contribution in [0.2, 0.25) is 0 Å². The van der Waals surface area contributed by atoms with E-state index >= 15 is 0 Å². The molecule has 2 N–H and O–H groups in total. The molecule has 1 heterocycles. The molecule has 0 aromatic heterocycles. The molecule has 7 nitrogen and oxygen atoms in total. The molecule has 4 aliphatic rings. The average molecular weight is 502 g/mol. The topological polar surface area (TPSA) is 83.0 Å². The molecule has 156 valence electrons. The van der Waals surface area contributed by atoms with Gasteiger partial charge in [0.15, 0.2) is 5.96 Å². The lowest BCUT2D eigenvalue weighted by atomic mass is 9.85. The monoisotopic (exact) mass is 502 g/mol. The predicted octanol–water partition coefficient (Wildman–Crippen LogP) is 1.39. The van der Waals surface area contributed by atoms with Gasteiger partial charge in [0.1, 0.15) is 0 Å². The van der Waals surface area contributed by atoms with Crippen LogP contribution >= 0.6 is 24.0 Å². The van der Waals surface area contributed by atoms with Crippen LogP contribution in [0.1, 0.15) is 25.7 Å². The first-order chi connectivity index (χ1) is 13.1. The van der Waals surface area contributed by atoms with Gasteiger partial charge in [-0.3, -0.25) is 19.5 Å². The Kier molecular flexibility index (Phi) is 6.69. The van der Waals surface area contributed by atoms with E-state index in [1.807, 2.05) is 0 Å². The highest BCUT2D eigenvalue weighted by Gasteiger charge is 2.58. The standard InChI is InChI=1S/C20H30N4O3.HI/c1-21-19(23-12-20(5-6-20)7-10-27-2)22-8-9-24-17(25)15-13-3-4-14(11-13)16(15)18(24)26;/h3-4,13-16H,5-12H2,1-2H3,(H2,21,22,23);1H. The Morgan fingerprint density at radius 3 is 2.39 bits per heavy atom. The lowest BCUT2D eigenvalue weighted by Gasteiger charge is -2.20. The smallest absolute Gasteiger partial charge is 0.233 e. The van der Waals surface area contributed by atoms with Crippen LogP contribution < -0.4 is 10.6 Å². The highest BCUT2D eigenvalue weighted by molar-refractivity contribution is 14.0. The number of allylic oxidation sites excluding steroid dienone is 2. The van der Waals surface area contributed by atoms with Crippen molar-refractivity contribution in [2.45, 2.75) is 25.7 Å². The molecule has 0 aromatic rings. The van der Waals surface area contributed by atoms with Gasteiger partial charge in [0.25, 0.3) is 0 Å². The Labute approximate surface area is 183 Å². The minimum absolute atomic E-state index is 0. The third-order valence-electron chi connectivity index (χ3n) is 6.84. The Morgan fingerprint density at radius 2 is 1.86 bits per heavy atom. The van der Waals surface area contributed by atoms with Crippen LogP contribution in [0.15, 0.2) is 17.1 Å². The average Bonchev–Trinajstić information content (AvgIpc) is 3.02. The summed E-state index contributed by atoms with van der Waals surface area (Å²) in [5.41, 5.74) is 0.332. The number of amides is 2. The number of guanidine groups is 1. The van der Waals surface area contributed by atoms with E-state index in [-0.39, 0.29) is 59.5 Å². The van der Waals surface area contributed by atoms with Crippen molar-refractivity contribution < 1.29 is 14.3 Å². The second kappa shape index (κ2) is 8.69. The Balaban J connectivity index is 0.00000225. The van der Waals surface area contributed by atoms with Crippen molar-refractivity contribution in [2.24, 2.45) is 34.1 Å². The zero-order valence-electron chi connectivity index (χ0n) is 16.6. The predicted molar refractivity (Wildman–Crippen MR) is 117 cm³/mol. The molecular formula is C20H31IN4O3. The number of hydrogen-bond donors (Lipinski definition) is 2. The molecule has 2 bridgehead atoms. The van der Waals surface area contributed by atoms with Crippen LogP contribution in [0.5, 0.6) is 0 Å². The van der Waals surface area contributed by atoms with Crippen molar-refractivity contribution in [3.63, 3.8) is 0 Å². The number of imide groups is 1. The molecule has 0 spiro atoms. The van der Waals surface area contributed by atoms with Crippen LogP contribution in [0, 0.1) is 29.1 Å². The van der Waals surface area contributed by atoms with Crippen LogP contribution in [0.25, 0.3) is 0 Å². The first kappa shape index (κ1) is 21.5. The maximum Gasteiger partial charge on any atom is 0.233 e. The van der Waals surface area contributed by atoms with Crippen molar-refractivity contribution >= 4 is 41.8 Å². The lowest BCUT2D eigenvalue weighted by Crippen LogP contribution is -2.45. The zero-order chi connectivity index (χ0) is 19.0. The molecule has 0 aromatic carbocycles. The number of fused-ring (bicyclic) bond motifs is 5. The molecule has 4 rings (SSSR count). The van der Waals surface area contributed by atoms with E-state index in [4.69, 9.17) is 4.74 Å². The number of carbonyl (C=O) groups excluding carboxylic acids is 2. The molecule has 28 heavy (non-hydrogen) atoms. The van der Waals surface area contributed by atoms with Crippen molar-refractivity contribution in [1.29, 1.82) is 0 Å².